The summed E-state index contributed by atoms with van der Waals surface area (Å²) >= 11 is 0. The zero-order chi connectivity index (χ0) is 13.7. The van der Waals surface area contributed by atoms with Crippen LogP contribution in [0.15, 0.2) is 47.6 Å². The molecule has 0 aliphatic rings. The van der Waals surface area contributed by atoms with Crippen molar-refractivity contribution in [3.63, 3.8) is 0 Å². The van der Waals surface area contributed by atoms with E-state index in [0.29, 0.717) is 0 Å². The zero-order valence-corrected chi connectivity index (χ0v) is 11.5. The van der Waals surface area contributed by atoms with E-state index in [1.54, 1.807) is 13.3 Å². The summed E-state index contributed by atoms with van der Waals surface area (Å²) in [6, 6.07) is 14.0. The fourth-order valence-electron chi connectivity index (χ4n) is 1.71. The van der Waals surface area contributed by atoms with Gasteiger partial charge < -0.3 is 4.74 Å². The third-order valence-corrected chi connectivity index (χ3v) is 3.01. The van der Waals surface area contributed by atoms with E-state index < -0.39 is 0 Å². The Hall–Kier alpha value is -2.29. The van der Waals surface area contributed by atoms with Gasteiger partial charge in [-0.1, -0.05) is 18.2 Å². The second kappa shape index (κ2) is 6.05. The molecule has 0 saturated carbocycles. The number of rotatable bonds is 4. The van der Waals surface area contributed by atoms with Gasteiger partial charge in [0.1, 0.15) is 5.75 Å². The number of hydrogen-bond donors (Lipinski definition) is 1. The van der Waals surface area contributed by atoms with E-state index in [9.17, 15) is 0 Å². The first-order valence-corrected chi connectivity index (χ1v) is 6.19. The third kappa shape index (κ3) is 3.58. The number of ether oxygens (including phenoxy) is 1. The summed E-state index contributed by atoms with van der Waals surface area (Å²) in [6.07, 6.45) is 1.78. The third-order valence-electron chi connectivity index (χ3n) is 3.01. The molecule has 0 aliphatic heterocycles. The van der Waals surface area contributed by atoms with E-state index in [4.69, 9.17) is 4.74 Å². The molecule has 2 rings (SSSR count). The van der Waals surface area contributed by atoms with Gasteiger partial charge in [0.05, 0.1) is 19.0 Å². The maximum absolute atomic E-state index is 5.17. The van der Waals surface area contributed by atoms with Crippen LogP contribution in [0.2, 0.25) is 0 Å². The maximum Gasteiger partial charge on any atom is 0.119 e. The highest BCUT2D eigenvalue weighted by molar-refractivity contribution is 5.80. The molecule has 0 radical (unpaired) electrons. The molecule has 2 aromatic carbocycles. The lowest BCUT2D eigenvalue weighted by Gasteiger charge is -2.04. The lowest BCUT2D eigenvalue weighted by Crippen LogP contribution is -1.92. The molecule has 98 valence electrons. The van der Waals surface area contributed by atoms with E-state index in [-0.39, 0.29) is 0 Å². The smallest absolute Gasteiger partial charge is 0.119 e. The van der Waals surface area contributed by atoms with Gasteiger partial charge in [-0.15, -0.1) is 0 Å². The number of anilines is 1. The molecule has 3 heteroatoms. The quantitative estimate of drug-likeness (QED) is 0.665. The van der Waals surface area contributed by atoms with Crippen LogP contribution in [0, 0.1) is 13.8 Å². The number of hydrazone groups is 1. The topological polar surface area (TPSA) is 33.6 Å². The van der Waals surface area contributed by atoms with Crippen molar-refractivity contribution in [2.45, 2.75) is 13.8 Å². The molecule has 3 nitrogen and oxygen atoms in total. The molecule has 0 fully saturated rings. The Morgan fingerprint density at radius 2 is 1.89 bits per heavy atom. The maximum atomic E-state index is 5.17. The van der Waals surface area contributed by atoms with Crippen LogP contribution in [-0.4, -0.2) is 13.3 Å². The highest BCUT2D eigenvalue weighted by Crippen LogP contribution is 2.14. The van der Waals surface area contributed by atoms with Crippen molar-refractivity contribution in [2.24, 2.45) is 5.10 Å². The molecule has 0 saturated heterocycles. The molecule has 1 N–H and O–H groups in total. The van der Waals surface area contributed by atoms with E-state index in [2.05, 4.69) is 36.5 Å². The number of methoxy groups -OCH3 is 1. The number of hydrogen-bond acceptors (Lipinski definition) is 3. The summed E-state index contributed by atoms with van der Waals surface area (Å²) < 4.78 is 5.17. The van der Waals surface area contributed by atoms with Gasteiger partial charge in [-0.05, 0) is 54.8 Å². The minimum absolute atomic E-state index is 0.829. The first-order chi connectivity index (χ1) is 9.19. The van der Waals surface area contributed by atoms with Crippen LogP contribution in [0.3, 0.4) is 0 Å². The second-order valence-electron chi connectivity index (χ2n) is 4.45. The SMILES string of the molecule is COc1cccc(/C=N/Nc2ccc(C)c(C)c2)c1. The van der Waals surface area contributed by atoms with Gasteiger partial charge in [0.2, 0.25) is 0 Å². The Labute approximate surface area is 113 Å². The molecule has 0 aliphatic carbocycles. The van der Waals surface area contributed by atoms with Crippen LogP contribution >= 0.6 is 0 Å². The summed E-state index contributed by atoms with van der Waals surface area (Å²) in [6.45, 7) is 4.19. The number of benzene rings is 2. The molecule has 0 unspecified atom stereocenters. The molecule has 0 atom stereocenters. The summed E-state index contributed by atoms with van der Waals surface area (Å²) in [5.41, 5.74) is 7.54. The van der Waals surface area contributed by atoms with Crippen molar-refractivity contribution in [2.75, 3.05) is 12.5 Å². The summed E-state index contributed by atoms with van der Waals surface area (Å²) in [5.74, 6) is 0.829. The van der Waals surface area contributed by atoms with Crippen molar-refractivity contribution in [3.8, 4) is 5.75 Å². The van der Waals surface area contributed by atoms with Crippen LogP contribution in [0.4, 0.5) is 5.69 Å². The lowest BCUT2D eigenvalue weighted by atomic mass is 10.1. The van der Waals surface area contributed by atoms with Crippen LogP contribution in [0.5, 0.6) is 5.75 Å². The lowest BCUT2D eigenvalue weighted by molar-refractivity contribution is 0.415. The van der Waals surface area contributed by atoms with Gasteiger partial charge in [-0.3, -0.25) is 5.43 Å². The van der Waals surface area contributed by atoms with Gasteiger partial charge in [0.25, 0.3) is 0 Å². The normalized spacial score (nSPS) is 10.7. The van der Waals surface area contributed by atoms with E-state index in [1.807, 2.05) is 30.3 Å². The standard InChI is InChI=1S/C16H18N2O/c1-12-7-8-15(9-13(12)2)18-17-11-14-5-4-6-16(10-14)19-3/h4-11,18H,1-3H3/b17-11+. The summed E-state index contributed by atoms with van der Waals surface area (Å²) in [4.78, 5) is 0. The Kier molecular flexibility index (Phi) is 4.18. The molecule has 0 aromatic heterocycles. The second-order valence-corrected chi connectivity index (χ2v) is 4.45. The Bertz CT molecular complexity index is 591. The van der Waals surface area contributed by atoms with Crippen molar-refractivity contribution >= 4 is 11.9 Å². The Balaban J connectivity index is 2.04. The monoisotopic (exact) mass is 254 g/mol. The van der Waals surface area contributed by atoms with Crippen molar-refractivity contribution in [1.82, 2.24) is 0 Å². The molecule has 0 heterocycles. The zero-order valence-electron chi connectivity index (χ0n) is 11.5. The molecular formula is C16H18N2O. The van der Waals surface area contributed by atoms with Crippen molar-refractivity contribution in [3.05, 3.63) is 59.2 Å². The predicted octanol–water partition coefficient (Wildman–Crippen LogP) is 3.76. The summed E-state index contributed by atoms with van der Waals surface area (Å²) in [7, 11) is 1.66. The molecule has 0 spiro atoms. The number of aryl methyl sites for hydroxylation is 2. The fraction of sp³-hybridized carbons (Fsp3) is 0.188. The van der Waals surface area contributed by atoms with E-state index >= 15 is 0 Å². The first-order valence-electron chi connectivity index (χ1n) is 6.19. The molecule has 19 heavy (non-hydrogen) atoms. The fourth-order valence-corrected chi connectivity index (χ4v) is 1.71. The van der Waals surface area contributed by atoms with Crippen LogP contribution in [0.25, 0.3) is 0 Å². The van der Waals surface area contributed by atoms with Crippen molar-refractivity contribution in [1.29, 1.82) is 0 Å². The van der Waals surface area contributed by atoms with E-state index in [1.165, 1.54) is 11.1 Å². The van der Waals surface area contributed by atoms with Gasteiger partial charge >= 0.3 is 0 Å². The van der Waals surface area contributed by atoms with Gasteiger partial charge in [0, 0.05) is 0 Å². The van der Waals surface area contributed by atoms with Gasteiger partial charge in [0.15, 0.2) is 0 Å². The van der Waals surface area contributed by atoms with Crippen molar-refractivity contribution < 1.29 is 4.74 Å². The minimum Gasteiger partial charge on any atom is -0.497 e. The molecular weight excluding hydrogens is 236 g/mol. The molecule has 0 bridgehead atoms. The van der Waals surface area contributed by atoms with E-state index in [0.717, 1.165) is 17.0 Å². The Morgan fingerprint density at radius 1 is 1.05 bits per heavy atom. The first kappa shape index (κ1) is 13.1. The highest BCUT2D eigenvalue weighted by Gasteiger charge is 1.95. The summed E-state index contributed by atoms with van der Waals surface area (Å²) in [5, 5.41) is 4.23. The average Bonchev–Trinajstić information content (AvgIpc) is 2.43. The van der Waals surface area contributed by atoms with Crippen LogP contribution in [0.1, 0.15) is 16.7 Å². The largest absolute Gasteiger partial charge is 0.497 e. The Morgan fingerprint density at radius 3 is 2.63 bits per heavy atom. The van der Waals surface area contributed by atoms with Crippen LogP contribution in [-0.2, 0) is 0 Å². The molecule has 2 aromatic rings. The van der Waals surface area contributed by atoms with Gasteiger partial charge in [-0.25, -0.2) is 0 Å². The highest BCUT2D eigenvalue weighted by atomic mass is 16.5. The molecule has 0 amide bonds. The predicted molar refractivity (Wildman–Crippen MR) is 80.1 cm³/mol. The minimum atomic E-state index is 0.829. The number of nitrogens with one attached hydrogen (secondary N) is 1. The number of nitrogens with zero attached hydrogens (tertiary/aromatic N) is 1. The van der Waals surface area contributed by atoms with Gasteiger partial charge in [-0.2, -0.15) is 5.10 Å². The van der Waals surface area contributed by atoms with Crippen LogP contribution < -0.4 is 10.2 Å². The average molecular weight is 254 g/mol.